The molecule has 0 aromatic carbocycles. The van der Waals surface area contributed by atoms with Crippen LogP contribution >= 0.6 is 0 Å². The van der Waals surface area contributed by atoms with Crippen molar-refractivity contribution in [3.63, 3.8) is 0 Å². The Kier molecular flexibility index (Phi) is 2.06. The van der Waals surface area contributed by atoms with E-state index >= 15 is 0 Å². The fourth-order valence-electron chi connectivity index (χ4n) is 0.756. The van der Waals surface area contributed by atoms with Crippen LogP contribution in [0.3, 0.4) is 0 Å². The molecule has 12 heavy (non-hydrogen) atoms. The first-order chi connectivity index (χ1) is 5.65. The molecule has 4 nitrogen and oxygen atoms in total. The van der Waals surface area contributed by atoms with Crippen LogP contribution in [0.15, 0.2) is 12.1 Å². The number of nitriles is 1. The third kappa shape index (κ3) is 1.40. The highest BCUT2D eigenvalue weighted by molar-refractivity contribution is 5.92. The van der Waals surface area contributed by atoms with Crippen molar-refractivity contribution in [3.05, 3.63) is 23.5 Å². The number of nitrogens with two attached hydrogens (primary N) is 1. The maximum Gasteiger partial charge on any atom is 0.178 e. The summed E-state index contributed by atoms with van der Waals surface area (Å²) in [5, 5.41) is 8.52. The normalized spacial score (nSPS) is 9.00. The van der Waals surface area contributed by atoms with Gasteiger partial charge in [-0.1, -0.05) is 0 Å². The van der Waals surface area contributed by atoms with Crippen molar-refractivity contribution in [2.45, 2.75) is 6.92 Å². The topological polar surface area (TPSA) is 79.8 Å². The van der Waals surface area contributed by atoms with Crippen molar-refractivity contribution in [1.29, 1.82) is 5.26 Å². The number of nitrogens with zero attached hydrogens (tertiary/aromatic N) is 2. The SMILES string of the molecule is CC(=O)c1ccc(N)c(C#N)n1. The summed E-state index contributed by atoms with van der Waals surface area (Å²) in [7, 11) is 0. The lowest BCUT2D eigenvalue weighted by Gasteiger charge is -1.97. The van der Waals surface area contributed by atoms with E-state index in [-0.39, 0.29) is 17.2 Å². The van der Waals surface area contributed by atoms with Crippen LogP contribution in [0.1, 0.15) is 23.1 Å². The third-order valence-corrected chi connectivity index (χ3v) is 1.39. The predicted molar refractivity (Wildman–Crippen MR) is 43.4 cm³/mol. The monoisotopic (exact) mass is 161 g/mol. The maximum absolute atomic E-state index is 10.8. The van der Waals surface area contributed by atoms with Crippen molar-refractivity contribution in [3.8, 4) is 6.07 Å². The summed E-state index contributed by atoms with van der Waals surface area (Å²) in [5.74, 6) is -0.175. The number of hydrogen-bond acceptors (Lipinski definition) is 4. The molecule has 4 heteroatoms. The molecule has 0 radical (unpaired) electrons. The summed E-state index contributed by atoms with van der Waals surface area (Å²) in [6.07, 6.45) is 0. The van der Waals surface area contributed by atoms with E-state index in [1.165, 1.54) is 19.1 Å². The number of carbonyl (C=O) groups is 1. The van der Waals surface area contributed by atoms with E-state index in [4.69, 9.17) is 11.0 Å². The second kappa shape index (κ2) is 3.01. The van der Waals surface area contributed by atoms with Crippen LogP contribution in [-0.4, -0.2) is 10.8 Å². The lowest BCUT2D eigenvalue weighted by Crippen LogP contribution is -2.01. The van der Waals surface area contributed by atoms with Crippen LogP contribution < -0.4 is 5.73 Å². The molecule has 0 saturated carbocycles. The van der Waals surface area contributed by atoms with Gasteiger partial charge in [0.15, 0.2) is 11.5 Å². The molecule has 1 aromatic heterocycles. The first-order valence-corrected chi connectivity index (χ1v) is 3.32. The molecule has 0 atom stereocenters. The van der Waals surface area contributed by atoms with Gasteiger partial charge in [0.1, 0.15) is 11.8 Å². The Morgan fingerprint density at radius 3 is 2.83 bits per heavy atom. The molecule has 0 fully saturated rings. The second-order valence-electron chi connectivity index (χ2n) is 2.30. The molecule has 0 aliphatic rings. The summed E-state index contributed by atoms with van der Waals surface area (Å²) >= 11 is 0. The average Bonchev–Trinajstić information content (AvgIpc) is 2.05. The van der Waals surface area contributed by atoms with Crippen LogP contribution in [-0.2, 0) is 0 Å². The number of aromatic nitrogens is 1. The van der Waals surface area contributed by atoms with Crippen molar-refractivity contribution in [1.82, 2.24) is 4.98 Å². The molecule has 0 aliphatic carbocycles. The van der Waals surface area contributed by atoms with Crippen LogP contribution in [0, 0.1) is 11.3 Å². The zero-order valence-electron chi connectivity index (χ0n) is 6.53. The Morgan fingerprint density at radius 1 is 1.67 bits per heavy atom. The summed E-state index contributed by atoms with van der Waals surface area (Å²) in [5.41, 5.74) is 6.06. The molecule has 0 amide bonds. The van der Waals surface area contributed by atoms with E-state index in [1.54, 1.807) is 6.07 Å². The van der Waals surface area contributed by atoms with Gasteiger partial charge in [0, 0.05) is 6.92 Å². The van der Waals surface area contributed by atoms with E-state index in [0.29, 0.717) is 5.69 Å². The standard InChI is InChI=1S/C8H7N3O/c1-5(12)7-3-2-6(10)8(4-9)11-7/h2-3H,10H2,1H3. The van der Waals surface area contributed by atoms with E-state index in [2.05, 4.69) is 4.98 Å². The molecule has 60 valence electrons. The number of pyridine rings is 1. The Bertz CT molecular complexity index is 365. The first kappa shape index (κ1) is 8.21. The minimum Gasteiger partial charge on any atom is -0.396 e. The summed E-state index contributed by atoms with van der Waals surface area (Å²) in [6.45, 7) is 1.39. The van der Waals surface area contributed by atoms with E-state index in [1.807, 2.05) is 0 Å². The van der Waals surface area contributed by atoms with Crippen molar-refractivity contribution >= 4 is 11.5 Å². The van der Waals surface area contributed by atoms with Crippen LogP contribution in [0.5, 0.6) is 0 Å². The quantitative estimate of drug-likeness (QED) is 0.616. The van der Waals surface area contributed by atoms with E-state index < -0.39 is 0 Å². The van der Waals surface area contributed by atoms with Gasteiger partial charge in [-0.2, -0.15) is 5.26 Å². The van der Waals surface area contributed by atoms with Gasteiger partial charge in [-0.3, -0.25) is 4.79 Å². The minimum absolute atomic E-state index is 0.0997. The molecule has 0 spiro atoms. The minimum atomic E-state index is -0.175. The number of rotatable bonds is 1. The number of hydrogen-bond donors (Lipinski definition) is 1. The highest BCUT2D eigenvalue weighted by Gasteiger charge is 2.04. The molecule has 0 unspecified atom stereocenters. The predicted octanol–water partition coefficient (Wildman–Crippen LogP) is 0.738. The molecule has 0 bridgehead atoms. The van der Waals surface area contributed by atoms with E-state index in [0.717, 1.165) is 0 Å². The third-order valence-electron chi connectivity index (χ3n) is 1.39. The van der Waals surface area contributed by atoms with Gasteiger partial charge in [-0.15, -0.1) is 0 Å². The smallest absolute Gasteiger partial charge is 0.178 e. The van der Waals surface area contributed by atoms with Crippen LogP contribution in [0.25, 0.3) is 0 Å². The molecule has 0 aliphatic heterocycles. The van der Waals surface area contributed by atoms with E-state index in [9.17, 15) is 4.79 Å². The lowest BCUT2D eigenvalue weighted by molar-refractivity contribution is 0.101. The van der Waals surface area contributed by atoms with Gasteiger partial charge in [0.25, 0.3) is 0 Å². The Morgan fingerprint density at radius 2 is 2.33 bits per heavy atom. The highest BCUT2D eigenvalue weighted by Crippen LogP contribution is 2.08. The largest absolute Gasteiger partial charge is 0.396 e. The van der Waals surface area contributed by atoms with Crippen molar-refractivity contribution in [2.75, 3.05) is 5.73 Å². The summed E-state index contributed by atoms with van der Waals surface area (Å²) in [6, 6.07) is 4.80. The first-order valence-electron chi connectivity index (χ1n) is 3.32. The maximum atomic E-state index is 10.8. The summed E-state index contributed by atoms with van der Waals surface area (Å²) < 4.78 is 0. The van der Waals surface area contributed by atoms with Crippen LogP contribution in [0.4, 0.5) is 5.69 Å². The highest BCUT2D eigenvalue weighted by atomic mass is 16.1. The molecule has 0 saturated heterocycles. The number of nitrogen functional groups attached to an aromatic ring is 1. The van der Waals surface area contributed by atoms with Crippen LogP contribution in [0.2, 0.25) is 0 Å². The number of ketones is 1. The molecular weight excluding hydrogens is 154 g/mol. The summed E-state index contributed by atoms with van der Waals surface area (Å²) in [4.78, 5) is 14.6. The van der Waals surface area contributed by atoms with Gasteiger partial charge in [0.05, 0.1) is 5.69 Å². The zero-order valence-corrected chi connectivity index (χ0v) is 6.53. The van der Waals surface area contributed by atoms with Crippen molar-refractivity contribution < 1.29 is 4.79 Å². The zero-order chi connectivity index (χ0) is 9.14. The van der Waals surface area contributed by atoms with Gasteiger partial charge >= 0.3 is 0 Å². The van der Waals surface area contributed by atoms with Gasteiger partial charge in [-0.25, -0.2) is 4.98 Å². The number of carbonyl (C=O) groups excluding carboxylic acids is 1. The Labute approximate surface area is 69.6 Å². The Balaban J connectivity index is 3.25. The fourth-order valence-corrected chi connectivity index (χ4v) is 0.756. The molecule has 1 rings (SSSR count). The van der Waals surface area contributed by atoms with Crippen molar-refractivity contribution in [2.24, 2.45) is 0 Å². The molecular formula is C8H7N3O. The fraction of sp³-hybridized carbons (Fsp3) is 0.125. The van der Waals surface area contributed by atoms with Gasteiger partial charge in [-0.05, 0) is 12.1 Å². The Hall–Kier alpha value is -1.89. The number of Topliss-reactive ketones (excluding diaryl/α,β-unsaturated/α-hetero) is 1. The molecule has 1 heterocycles. The second-order valence-corrected chi connectivity index (χ2v) is 2.30. The molecule has 2 N–H and O–H groups in total. The molecule has 1 aromatic rings. The number of anilines is 1. The van der Waals surface area contributed by atoms with Gasteiger partial charge < -0.3 is 5.73 Å². The van der Waals surface area contributed by atoms with Gasteiger partial charge in [0.2, 0.25) is 0 Å². The lowest BCUT2D eigenvalue weighted by atomic mass is 10.2. The average molecular weight is 161 g/mol.